The van der Waals surface area contributed by atoms with Crippen LogP contribution in [0.1, 0.15) is 33.6 Å². The third-order valence-electron chi connectivity index (χ3n) is 3.89. The zero-order valence-corrected chi connectivity index (χ0v) is 13.9. The first kappa shape index (κ1) is 17.0. The number of hydrogen-bond donors (Lipinski definition) is 2. The van der Waals surface area contributed by atoms with Crippen molar-refractivity contribution in [3.05, 3.63) is 0 Å². The van der Waals surface area contributed by atoms with Crippen molar-refractivity contribution in [1.29, 1.82) is 0 Å². The van der Waals surface area contributed by atoms with Crippen LogP contribution in [0.5, 0.6) is 0 Å². The average molecular weight is 312 g/mol. The molecule has 2 amide bonds. The summed E-state index contributed by atoms with van der Waals surface area (Å²) in [6, 6.07) is -0.0442. The largest absolute Gasteiger partial charge is 0.460 e. The molecule has 0 radical (unpaired) electrons. The molecule has 0 aromatic rings. The van der Waals surface area contributed by atoms with Gasteiger partial charge >= 0.3 is 12.0 Å². The van der Waals surface area contributed by atoms with E-state index < -0.39 is 5.60 Å². The first-order chi connectivity index (χ1) is 10.3. The second-order valence-corrected chi connectivity index (χ2v) is 6.95. The minimum Gasteiger partial charge on any atom is -0.460 e. The summed E-state index contributed by atoms with van der Waals surface area (Å²) in [6.45, 7) is 10.2. The summed E-state index contributed by atoms with van der Waals surface area (Å²) in [6.07, 6.45) is 1.44. The molecule has 7 heteroatoms. The Balaban J connectivity index is 1.72. The summed E-state index contributed by atoms with van der Waals surface area (Å²) >= 11 is 0. The number of carbonyl (C=O) groups is 2. The highest BCUT2D eigenvalue weighted by Gasteiger charge is 2.30. The van der Waals surface area contributed by atoms with Gasteiger partial charge < -0.3 is 15.0 Å². The molecule has 2 aliphatic rings. The van der Waals surface area contributed by atoms with Gasteiger partial charge in [-0.05, 0) is 33.6 Å². The first-order valence-electron chi connectivity index (χ1n) is 8.09. The van der Waals surface area contributed by atoms with E-state index in [1.54, 1.807) is 0 Å². The summed E-state index contributed by atoms with van der Waals surface area (Å²) in [4.78, 5) is 26.0. The van der Waals surface area contributed by atoms with Crippen LogP contribution in [0, 0.1) is 5.92 Å². The van der Waals surface area contributed by atoms with Crippen molar-refractivity contribution in [2.24, 2.45) is 5.92 Å². The molecule has 2 saturated heterocycles. The number of hydrogen-bond acceptors (Lipinski definition) is 5. The van der Waals surface area contributed by atoms with E-state index in [1.165, 1.54) is 0 Å². The molecule has 0 bridgehead atoms. The van der Waals surface area contributed by atoms with Crippen molar-refractivity contribution in [3.8, 4) is 0 Å². The Morgan fingerprint density at radius 3 is 2.23 bits per heavy atom. The van der Waals surface area contributed by atoms with Crippen LogP contribution in [0.4, 0.5) is 4.79 Å². The lowest BCUT2D eigenvalue weighted by Crippen LogP contribution is -2.56. The molecular weight excluding hydrogens is 284 g/mol. The number of ether oxygens (including phenoxy) is 1. The highest BCUT2D eigenvalue weighted by molar-refractivity contribution is 5.74. The van der Waals surface area contributed by atoms with Crippen molar-refractivity contribution in [3.63, 3.8) is 0 Å². The van der Waals surface area contributed by atoms with E-state index in [-0.39, 0.29) is 17.9 Å². The Bertz CT molecular complexity index is 394. The molecular formula is C15H28N4O3. The van der Waals surface area contributed by atoms with Crippen molar-refractivity contribution >= 4 is 12.0 Å². The third kappa shape index (κ3) is 5.14. The molecule has 0 atom stereocenters. The predicted molar refractivity (Wildman–Crippen MR) is 83.1 cm³/mol. The van der Waals surface area contributed by atoms with Gasteiger partial charge in [0, 0.05) is 39.3 Å². The zero-order chi connectivity index (χ0) is 16.2. The van der Waals surface area contributed by atoms with Crippen molar-refractivity contribution in [2.45, 2.75) is 39.2 Å². The van der Waals surface area contributed by atoms with Gasteiger partial charge in [0.15, 0.2) is 0 Å². The van der Waals surface area contributed by atoms with Crippen molar-refractivity contribution in [2.75, 3.05) is 39.3 Å². The van der Waals surface area contributed by atoms with Crippen LogP contribution in [0.2, 0.25) is 0 Å². The molecule has 0 aliphatic carbocycles. The van der Waals surface area contributed by atoms with Crippen LogP contribution >= 0.6 is 0 Å². The van der Waals surface area contributed by atoms with Gasteiger partial charge in [-0.1, -0.05) is 0 Å². The monoisotopic (exact) mass is 312 g/mol. The zero-order valence-electron chi connectivity index (χ0n) is 13.9. The maximum Gasteiger partial charge on any atom is 0.332 e. The highest BCUT2D eigenvalue weighted by atomic mass is 16.6. The number of nitrogens with zero attached hydrogens (tertiary/aromatic N) is 2. The van der Waals surface area contributed by atoms with Gasteiger partial charge in [-0.3, -0.25) is 10.2 Å². The number of amides is 2. The summed E-state index contributed by atoms with van der Waals surface area (Å²) in [5.41, 5.74) is 2.50. The number of piperidine rings is 1. The van der Waals surface area contributed by atoms with Gasteiger partial charge in [0.25, 0.3) is 0 Å². The van der Waals surface area contributed by atoms with E-state index in [2.05, 4.69) is 10.7 Å². The van der Waals surface area contributed by atoms with E-state index in [1.807, 2.05) is 30.7 Å². The number of urea groups is 1. The molecule has 2 N–H and O–H groups in total. The van der Waals surface area contributed by atoms with Crippen LogP contribution in [0.3, 0.4) is 0 Å². The minimum atomic E-state index is -0.440. The molecule has 0 aromatic heterocycles. The number of piperazine rings is 1. The summed E-state index contributed by atoms with van der Waals surface area (Å²) < 4.78 is 5.43. The maximum atomic E-state index is 12.1. The fourth-order valence-electron chi connectivity index (χ4n) is 2.69. The lowest BCUT2D eigenvalue weighted by molar-refractivity contribution is -0.161. The number of hydrazine groups is 1. The van der Waals surface area contributed by atoms with E-state index in [4.69, 9.17) is 4.74 Å². The normalized spacial score (nSPS) is 21.5. The van der Waals surface area contributed by atoms with Gasteiger partial charge in [-0.2, -0.15) is 0 Å². The highest BCUT2D eigenvalue weighted by Crippen LogP contribution is 2.20. The Kier molecular flexibility index (Phi) is 5.63. The van der Waals surface area contributed by atoms with Crippen LogP contribution in [0.25, 0.3) is 0 Å². The molecule has 22 heavy (non-hydrogen) atoms. The van der Waals surface area contributed by atoms with Crippen LogP contribution in [-0.4, -0.2) is 66.8 Å². The quantitative estimate of drug-likeness (QED) is 0.729. The van der Waals surface area contributed by atoms with Gasteiger partial charge in [-0.25, -0.2) is 9.80 Å². The molecule has 0 aromatic carbocycles. The summed E-state index contributed by atoms with van der Waals surface area (Å²) in [5.74, 6) is -0.188. The fraction of sp³-hybridized carbons (Fsp3) is 0.867. The Morgan fingerprint density at radius 2 is 1.68 bits per heavy atom. The Morgan fingerprint density at radius 1 is 1.09 bits per heavy atom. The number of esters is 1. The average Bonchev–Trinajstić information content (AvgIpc) is 2.47. The van der Waals surface area contributed by atoms with Gasteiger partial charge in [0.2, 0.25) is 0 Å². The smallest absolute Gasteiger partial charge is 0.332 e. The molecule has 126 valence electrons. The number of carbonyl (C=O) groups excluding carboxylic acids is 2. The third-order valence-corrected chi connectivity index (χ3v) is 3.89. The van der Waals surface area contributed by atoms with Crippen molar-refractivity contribution in [1.82, 2.24) is 20.7 Å². The van der Waals surface area contributed by atoms with Crippen molar-refractivity contribution < 1.29 is 14.3 Å². The van der Waals surface area contributed by atoms with Crippen LogP contribution < -0.4 is 10.7 Å². The molecule has 7 nitrogen and oxygen atoms in total. The molecule has 2 aliphatic heterocycles. The van der Waals surface area contributed by atoms with Gasteiger partial charge in [0.05, 0.1) is 5.92 Å². The SMILES string of the molecule is CC(C)(C)OC(=O)C1CCN(NC(=O)N2CCNCC2)CC1. The van der Waals surface area contributed by atoms with E-state index >= 15 is 0 Å². The fourth-order valence-corrected chi connectivity index (χ4v) is 2.69. The van der Waals surface area contributed by atoms with E-state index in [0.717, 1.165) is 39.0 Å². The van der Waals surface area contributed by atoms with Gasteiger partial charge in [-0.15, -0.1) is 0 Å². The van der Waals surface area contributed by atoms with Crippen LogP contribution in [-0.2, 0) is 9.53 Å². The molecule has 0 saturated carbocycles. The number of rotatable bonds is 2. The molecule has 2 fully saturated rings. The summed E-state index contributed by atoms with van der Waals surface area (Å²) in [5, 5.41) is 5.13. The molecule has 0 spiro atoms. The van der Waals surface area contributed by atoms with E-state index in [9.17, 15) is 9.59 Å². The second kappa shape index (κ2) is 7.28. The number of nitrogens with one attached hydrogen (secondary N) is 2. The van der Waals surface area contributed by atoms with E-state index in [0.29, 0.717) is 13.1 Å². The summed E-state index contributed by atoms with van der Waals surface area (Å²) in [7, 11) is 0. The second-order valence-electron chi connectivity index (χ2n) is 6.95. The lowest BCUT2D eigenvalue weighted by Gasteiger charge is -2.35. The molecule has 2 rings (SSSR count). The predicted octanol–water partition coefficient (Wildman–Crippen LogP) is 0.570. The first-order valence-corrected chi connectivity index (χ1v) is 8.09. The standard InChI is InChI=1S/C15H28N4O3/c1-15(2,3)22-13(20)12-4-8-19(9-5-12)17-14(21)18-10-6-16-7-11-18/h12,16H,4-11H2,1-3H3,(H,17,21). The molecule has 2 heterocycles. The minimum absolute atomic E-state index is 0.0442. The maximum absolute atomic E-state index is 12.1. The molecule has 0 unspecified atom stereocenters. The van der Waals surface area contributed by atoms with Gasteiger partial charge in [0.1, 0.15) is 5.60 Å². The lowest BCUT2D eigenvalue weighted by atomic mass is 9.97. The Hall–Kier alpha value is -1.34. The van der Waals surface area contributed by atoms with Crippen LogP contribution in [0.15, 0.2) is 0 Å². The topological polar surface area (TPSA) is 73.9 Å². The Labute approximate surface area is 132 Å².